The van der Waals surface area contributed by atoms with Crippen LogP contribution in [0.4, 0.5) is 4.79 Å². The van der Waals surface area contributed by atoms with Gasteiger partial charge in [0.15, 0.2) is 0 Å². The third-order valence-electron chi connectivity index (χ3n) is 3.39. The molecule has 0 aromatic heterocycles. The lowest BCUT2D eigenvalue weighted by molar-refractivity contribution is 0.0291. The van der Waals surface area contributed by atoms with Gasteiger partial charge in [-0.25, -0.2) is 4.79 Å². The number of hydrogen-bond donors (Lipinski definition) is 2. The lowest BCUT2D eigenvalue weighted by Gasteiger charge is -2.31. The second kappa shape index (κ2) is 6.41. The first-order valence-electron chi connectivity index (χ1n) is 6.97. The van der Waals surface area contributed by atoms with Crippen molar-refractivity contribution in [1.29, 1.82) is 0 Å². The van der Waals surface area contributed by atoms with Crippen LogP contribution in [0.15, 0.2) is 0 Å². The highest BCUT2D eigenvalue weighted by Crippen LogP contribution is 2.27. The number of alkyl carbamates (subject to hydrolysis) is 1. The molecule has 0 heterocycles. The van der Waals surface area contributed by atoms with Crippen molar-refractivity contribution >= 4 is 6.09 Å². The van der Waals surface area contributed by atoms with E-state index in [0.717, 1.165) is 12.8 Å². The fraction of sp³-hybridized carbons (Fsp3) is 0.929. The SMILES string of the molecule is C[C@@H](NC(=O)OC(C)(C)C)[C@H](O)C1CCCCC1. The summed E-state index contributed by atoms with van der Waals surface area (Å²) < 4.78 is 5.18. The van der Waals surface area contributed by atoms with E-state index in [9.17, 15) is 9.90 Å². The molecular formula is C14H27NO3. The maximum Gasteiger partial charge on any atom is 0.407 e. The average molecular weight is 257 g/mol. The molecule has 1 rings (SSSR count). The molecule has 0 saturated heterocycles. The van der Waals surface area contributed by atoms with E-state index in [1.54, 1.807) is 0 Å². The first-order chi connectivity index (χ1) is 8.29. The minimum Gasteiger partial charge on any atom is -0.444 e. The van der Waals surface area contributed by atoms with E-state index >= 15 is 0 Å². The Balaban J connectivity index is 2.38. The van der Waals surface area contributed by atoms with Gasteiger partial charge in [-0.2, -0.15) is 0 Å². The molecule has 2 atom stereocenters. The molecule has 0 aromatic rings. The summed E-state index contributed by atoms with van der Waals surface area (Å²) in [6, 6.07) is -0.261. The van der Waals surface area contributed by atoms with Crippen LogP contribution in [-0.4, -0.2) is 28.9 Å². The van der Waals surface area contributed by atoms with Gasteiger partial charge in [0.05, 0.1) is 12.1 Å². The van der Waals surface area contributed by atoms with Crippen molar-refractivity contribution in [2.24, 2.45) is 5.92 Å². The lowest BCUT2D eigenvalue weighted by atomic mass is 9.83. The molecule has 0 spiro atoms. The monoisotopic (exact) mass is 257 g/mol. The number of hydrogen-bond acceptors (Lipinski definition) is 3. The molecule has 0 radical (unpaired) electrons. The van der Waals surface area contributed by atoms with Crippen molar-refractivity contribution in [2.45, 2.75) is 77.5 Å². The Morgan fingerprint density at radius 1 is 1.28 bits per heavy atom. The number of aliphatic hydroxyl groups is 1. The highest BCUT2D eigenvalue weighted by Gasteiger charge is 2.28. The molecule has 0 bridgehead atoms. The molecule has 0 aromatic carbocycles. The molecule has 1 amide bonds. The Labute approximate surface area is 110 Å². The van der Waals surface area contributed by atoms with Crippen molar-refractivity contribution in [3.63, 3.8) is 0 Å². The van der Waals surface area contributed by atoms with Crippen molar-refractivity contribution in [3.8, 4) is 0 Å². The Morgan fingerprint density at radius 2 is 1.83 bits per heavy atom. The summed E-state index contributed by atoms with van der Waals surface area (Å²) >= 11 is 0. The van der Waals surface area contributed by atoms with Gasteiger partial charge in [-0.3, -0.25) is 0 Å². The maximum absolute atomic E-state index is 11.6. The topological polar surface area (TPSA) is 58.6 Å². The molecule has 1 fully saturated rings. The van der Waals surface area contributed by atoms with Crippen molar-refractivity contribution in [1.82, 2.24) is 5.32 Å². The standard InChI is InChI=1S/C14H27NO3/c1-10(15-13(17)18-14(2,3)4)12(16)11-8-6-5-7-9-11/h10-12,16H,5-9H2,1-4H3,(H,15,17)/t10-,12+/m1/s1. The Morgan fingerprint density at radius 3 is 2.33 bits per heavy atom. The number of aliphatic hydroxyl groups excluding tert-OH is 1. The van der Waals surface area contributed by atoms with E-state index in [1.165, 1.54) is 19.3 Å². The summed E-state index contributed by atoms with van der Waals surface area (Å²) in [4.78, 5) is 11.6. The number of amides is 1. The molecule has 0 unspecified atom stereocenters. The highest BCUT2D eigenvalue weighted by atomic mass is 16.6. The van der Waals surface area contributed by atoms with E-state index in [2.05, 4.69) is 5.32 Å². The molecule has 0 aliphatic heterocycles. The minimum atomic E-state index is -0.500. The second-order valence-electron chi connectivity index (χ2n) is 6.32. The number of carbonyl (C=O) groups excluding carboxylic acids is 1. The molecule has 106 valence electrons. The highest BCUT2D eigenvalue weighted by molar-refractivity contribution is 5.68. The third-order valence-corrected chi connectivity index (χ3v) is 3.39. The van der Waals surface area contributed by atoms with Crippen LogP contribution in [0.1, 0.15) is 59.8 Å². The number of nitrogens with one attached hydrogen (secondary N) is 1. The Hall–Kier alpha value is -0.770. The van der Waals surface area contributed by atoms with Crippen molar-refractivity contribution in [2.75, 3.05) is 0 Å². The van der Waals surface area contributed by atoms with Gasteiger partial charge in [-0.15, -0.1) is 0 Å². The van der Waals surface area contributed by atoms with Gasteiger partial charge in [0.1, 0.15) is 5.60 Å². The Bertz CT molecular complexity index is 267. The molecule has 4 nitrogen and oxygen atoms in total. The predicted molar refractivity (Wildman–Crippen MR) is 71.4 cm³/mol. The van der Waals surface area contributed by atoms with Crippen LogP contribution < -0.4 is 5.32 Å². The fourth-order valence-electron chi connectivity index (χ4n) is 2.46. The molecule has 4 heteroatoms. The van der Waals surface area contributed by atoms with E-state index in [0.29, 0.717) is 5.92 Å². The van der Waals surface area contributed by atoms with E-state index in [1.807, 2.05) is 27.7 Å². The molecular weight excluding hydrogens is 230 g/mol. The summed E-state index contributed by atoms with van der Waals surface area (Å²) in [7, 11) is 0. The van der Waals surface area contributed by atoms with Crippen LogP contribution >= 0.6 is 0 Å². The largest absolute Gasteiger partial charge is 0.444 e. The molecule has 1 saturated carbocycles. The van der Waals surface area contributed by atoms with Gasteiger partial charge in [0.2, 0.25) is 0 Å². The summed E-state index contributed by atoms with van der Waals surface area (Å²) in [5.74, 6) is 0.309. The van der Waals surface area contributed by atoms with Crippen LogP contribution in [0.25, 0.3) is 0 Å². The summed E-state index contributed by atoms with van der Waals surface area (Å²) in [6.45, 7) is 7.32. The molecule has 1 aliphatic carbocycles. The van der Waals surface area contributed by atoms with Crippen LogP contribution in [0, 0.1) is 5.92 Å². The fourth-order valence-corrected chi connectivity index (χ4v) is 2.46. The number of rotatable bonds is 3. The minimum absolute atomic E-state index is 0.261. The number of ether oxygens (including phenoxy) is 1. The first-order valence-corrected chi connectivity index (χ1v) is 6.97. The van der Waals surface area contributed by atoms with Crippen LogP contribution in [0.3, 0.4) is 0 Å². The third kappa shape index (κ3) is 5.25. The van der Waals surface area contributed by atoms with Gasteiger partial charge in [0.25, 0.3) is 0 Å². The van der Waals surface area contributed by atoms with E-state index in [-0.39, 0.29) is 6.04 Å². The molecule has 2 N–H and O–H groups in total. The average Bonchev–Trinajstić information content (AvgIpc) is 2.26. The van der Waals surface area contributed by atoms with Gasteiger partial charge in [-0.1, -0.05) is 19.3 Å². The van der Waals surface area contributed by atoms with Gasteiger partial charge in [-0.05, 0) is 46.5 Å². The van der Waals surface area contributed by atoms with E-state index in [4.69, 9.17) is 4.74 Å². The van der Waals surface area contributed by atoms with Crippen LogP contribution in [-0.2, 0) is 4.74 Å². The molecule has 1 aliphatic rings. The lowest BCUT2D eigenvalue weighted by Crippen LogP contribution is -2.46. The summed E-state index contributed by atoms with van der Waals surface area (Å²) in [6.07, 6.45) is 4.81. The van der Waals surface area contributed by atoms with E-state index < -0.39 is 17.8 Å². The number of carbonyl (C=O) groups is 1. The van der Waals surface area contributed by atoms with Gasteiger partial charge < -0.3 is 15.2 Å². The second-order valence-corrected chi connectivity index (χ2v) is 6.32. The zero-order valence-electron chi connectivity index (χ0n) is 12.0. The zero-order chi connectivity index (χ0) is 13.8. The van der Waals surface area contributed by atoms with Crippen LogP contribution in [0.5, 0.6) is 0 Å². The van der Waals surface area contributed by atoms with Crippen LogP contribution in [0.2, 0.25) is 0 Å². The summed E-state index contributed by atoms with van der Waals surface area (Å²) in [5, 5.41) is 12.9. The maximum atomic E-state index is 11.6. The zero-order valence-corrected chi connectivity index (χ0v) is 12.0. The first kappa shape index (κ1) is 15.3. The Kier molecular flexibility index (Phi) is 5.45. The summed E-state index contributed by atoms with van der Waals surface area (Å²) in [5.41, 5.74) is -0.500. The van der Waals surface area contributed by atoms with Crippen molar-refractivity contribution in [3.05, 3.63) is 0 Å². The quantitative estimate of drug-likeness (QED) is 0.817. The van der Waals surface area contributed by atoms with Gasteiger partial charge in [0, 0.05) is 0 Å². The van der Waals surface area contributed by atoms with Crippen molar-refractivity contribution < 1.29 is 14.6 Å². The molecule has 18 heavy (non-hydrogen) atoms. The smallest absolute Gasteiger partial charge is 0.407 e. The van der Waals surface area contributed by atoms with Gasteiger partial charge >= 0.3 is 6.09 Å². The normalized spacial score (nSPS) is 21.2. The predicted octanol–water partition coefficient (Wildman–Crippen LogP) is 2.84.